The van der Waals surface area contributed by atoms with E-state index in [1.165, 1.54) is 6.92 Å². The minimum absolute atomic E-state index is 0. The molecule has 1 aromatic carbocycles. The van der Waals surface area contributed by atoms with Gasteiger partial charge in [0.2, 0.25) is 0 Å². The highest BCUT2D eigenvalue weighted by Crippen LogP contribution is 2.30. The predicted molar refractivity (Wildman–Crippen MR) is 77.7 cm³/mol. The van der Waals surface area contributed by atoms with Gasteiger partial charge in [-0.2, -0.15) is 0 Å². The summed E-state index contributed by atoms with van der Waals surface area (Å²) in [6.07, 6.45) is 1.90. The summed E-state index contributed by atoms with van der Waals surface area (Å²) < 4.78 is 4.85. The lowest BCUT2D eigenvalue weighted by atomic mass is 9.98. The van der Waals surface area contributed by atoms with Gasteiger partial charge in [-0.25, -0.2) is 0 Å². The van der Waals surface area contributed by atoms with Crippen molar-refractivity contribution in [2.24, 2.45) is 11.7 Å². The molecule has 1 aromatic rings. The summed E-state index contributed by atoms with van der Waals surface area (Å²) in [6, 6.07) is 4.80. The largest absolute Gasteiger partial charge is 0.504 e. The van der Waals surface area contributed by atoms with Crippen LogP contribution in [0.2, 0.25) is 0 Å². The van der Waals surface area contributed by atoms with Gasteiger partial charge in [0.15, 0.2) is 11.5 Å². The topological polar surface area (TPSA) is 72.5 Å². The second-order valence-electron chi connectivity index (χ2n) is 4.90. The zero-order valence-corrected chi connectivity index (χ0v) is 12.4. The van der Waals surface area contributed by atoms with Crippen LogP contribution in [0.1, 0.15) is 45.2 Å². The Balaban J connectivity index is 0.00000324. The molecule has 0 unspecified atom stereocenters. The molecule has 1 atom stereocenters. The Morgan fingerprint density at radius 2 is 2.00 bits per heavy atom. The Morgan fingerprint density at radius 3 is 2.47 bits per heavy atom. The number of hydrogen-bond acceptors (Lipinski definition) is 4. The average Bonchev–Trinajstić information content (AvgIpc) is 2.28. The number of carbonyl (C=O) groups is 1. The van der Waals surface area contributed by atoms with Crippen LogP contribution in [0.5, 0.6) is 11.5 Å². The molecule has 108 valence electrons. The number of esters is 1. The minimum atomic E-state index is -0.456. The second-order valence-corrected chi connectivity index (χ2v) is 4.90. The second kappa shape index (κ2) is 8.02. The van der Waals surface area contributed by atoms with Gasteiger partial charge in [0, 0.05) is 13.0 Å². The van der Waals surface area contributed by atoms with E-state index in [0.29, 0.717) is 5.92 Å². The normalized spacial score (nSPS) is 11.8. The highest BCUT2D eigenvalue weighted by Gasteiger charge is 2.11. The molecule has 0 amide bonds. The van der Waals surface area contributed by atoms with Crippen LogP contribution in [0, 0.1) is 5.92 Å². The molecule has 0 aliphatic heterocycles. The van der Waals surface area contributed by atoms with Crippen LogP contribution in [0.15, 0.2) is 18.2 Å². The minimum Gasteiger partial charge on any atom is -0.504 e. The summed E-state index contributed by atoms with van der Waals surface area (Å²) in [6.45, 7) is 5.59. The third kappa shape index (κ3) is 5.94. The Bertz CT molecular complexity index is 421. The Morgan fingerprint density at radius 1 is 1.37 bits per heavy atom. The van der Waals surface area contributed by atoms with Gasteiger partial charge >= 0.3 is 5.97 Å². The van der Waals surface area contributed by atoms with Crippen molar-refractivity contribution in [1.29, 1.82) is 0 Å². The highest BCUT2D eigenvalue weighted by atomic mass is 35.5. The van der Waals surface area contributed by atoms with E-state index in [0.717, 1.165) is 18.4 Å². The molecule has 5 heteroatoms. The molecule has 19 heavy (non-hydrogen) atoms. The van der Waals surface area contributed by atoms with E-state index >= 15 is 0 Å². The summed E-state index contributed by atoms with van der Waals surface area (Å²) in [5.74, 6) is 0.261. The molecule has 0 spiro atoms. The molecule has 0 aromatic heterocycles. The average molecular weight is 288 g/mol. The summed E-state index contributed by atoms with van der Waals surface area (Å²) in [4.78, 5) is 10.8. The first kappa shape index (κ1) is 17.7. The van der Waals surface area contributed by atoms with E-state index in [4.69, 9.17) is 10.5 Å². The molecule has 0 aliphatic rings. The number of rotatable bonds is 5. The van der Waals surface area contributed by atoms with Gasteiger partial charge < -0.3 is 15.6 Å². The fourth-order valence-corrected chi connectivity index (χ4v) is 1.69. The molecule has 0 saturated heterocycles. The zero-order valence-electron chi connectivity index (χ0n) is 11.6. The van der Waals surface area contributed by atoms with Crippen LogP contribution in [0.4, 0.5) is 0 Å². The van der Waals surface area contributed by atoms with Crippen molar-refractivity contribution in [1.82, 2.24) is 0 Å². The SMILES string of the molecule is CC(=O)Oc1ccc([C@H](N)CCC(C)C)cc1O.Cl. The van der Waals surface area contributed by atoms with Crippen LogP contribution in [0.3, 0.4) is 0 Å². The predicted octanol–water partition coefficient (Wildman–Crippen LogP) is 3.18. The lowest BCUT2D eigenvalue weighted by Gasteiger charge is -2.14. The van der Waals surface area contributed by atoms with Crippen LogP contribution < -0.4 is 10.5 Å². The number of aromatic hydroxyl groups is 1. The summed E-state index contributed by atoms with van der Waals surface area (Å²) in [5, 5.41) is 9.73. The number of phenols is 1. The van der Waals surface area contributed by atoms with Crippen molar-refractivity contribution in [3.05, 3.63) is 23.8 Å². The molecule has 3 N–H and O–H groups in total. The maximum atomic E-state index is 10.8. The monoisotopic (exact) mass is 287 g/mol. The first-order chi connectivity index (χ1) is 8.40. The molecule has 1 rings (SSSR count). The molecule has 0 aliphatic carbocycles. The number of nitrogens with two attached hydrogens (primary N) is 1. The highest BCUT2D eigenvalue weighted by molar-refractivity contribution is 5.85. The van der Waals surface area contributed by atoms with E-state index in [2.05, 4.69) is 13.8 Å². The smallest absolute Gasteiger partial charge is 0.308 e. The van der Waals surface area contributed by atoms with Crippen LogP contribution in [0.25, 0.3) is 0 Å². The lowest BCUT2D eigenvalue weighted by molar-refractivity contribution is -0.132. The Labute approximate surface area is 120 Å². The van der Waals surface area contributed by atoms with Crippen molar-refractivity contribution >= 4 is 18.4 Å². The summed E-state index contributed by atoms with van der Waals surface area (Å²) in [7, 11) is 0. The number of ether oxygens (including phenoxy) is 1. The van der Waals surface area contributed by atoms with Crippen LogP contribution in [-0.4, -0.2) is 11.1 Å². The number of benzene rings is 1. The molecule has 0 saturated carbocycles. The maximum absolute atomic E-state index is 10.8. The van der Waals surface area contributed by atoms with Gasteiger partial charge in [-0.15, -0.1) is 12.4 Å². The Hall–Kier alpha value is -1.26. The van der Waals surface area contributed by atoms with E-state index in [-0.39, 0.29) is 29.9 Å². The molecule has 0 radical (unpaired) electrons. The number of phenolic OH excluding ortho intramolecular Hbond substituents is 1. The molecular weight excluding hydrogens is 266 g/mol. The first-order valence-corrected chi connectivity index (χ1v) is 6.17. The fraction of sp³-hybridized carbons (Fsp3) is 0.500. The fourth-order valence-electron chi connectivity index (χ4n) is 1.69. The number of carbonyl (C=O) groups excluding carboxylic acids is 1. The Kier molecular flexibility index (Phi) is 7.49. The van der Waals surface area contributed by atoms with Gasteiger partial charge in [-0.3, -0.25) is 4.79 Å². The molecule has 4 nitrogen and oxygen atoms in total. The summed E-state index contributed by atoms with van der Waals surface area (Å²) >= 11 is 0. The van der Waals surface area contributed by atoms with Crippen molar-refractivity contribution in [2.75, 3.05) is 0 Å². The quantitative estimate of drug-likeness (QED) is 0.644. The molecule has 0 heterocycles. The van der Waals surface area contributed by atoms with Crippen LogP contribution >= 0.6 is 12.4 Å². The van der Waals surface area contributed by atoms with Gasteiger partial charge in [0.1, 0.15) is 0 Å². The van der Waals surface area contributed by atoms with E-state index < -0.39 is 5.97 Å². The maximum Gasteiger partial charge on any atom is 0.308 e. The third-order valence-electron chi connectivity index (χ3n) is 2.72. The zero-order chi connectivity index (χ0) is 13.7. The van der Waals surface area contributed by atoms with Gasteiger partial charge in [-0.05, 0) is 36.5 Å². The van der Waals surface area contributed by atoms with Crippen molar-refractivity contribution in [2.45, 2.75) is 39.7 Å². The molecule has 0 bridgehead atoms. The van der Waals surface area contributed by atoms with Crippen molar-refractivity contribution < 1.29 is 14.6 Å². The molecule has 0 fully saturated rings. The van der Waals surface area contributed by atoms with Gasteiger partial charge in [0.05, 0.1) is 0 Å². The molecular formula is C14H22ClNO3. The van der Waals surface area contributed by atoms with E-state index in [1.807, 2.05) is 0 Å². The van der Waals surface area contributed by atoms with Crippen LogP contribution in [-0.2, 0) is 4.79 Å². The van der Waals surface area contributed by atoms with Crippen molar-refractivity contribution in [3.8, 4) is 11.5 Å². The standard InChI is InChI=1S/C14H21NO3.ClH/c1-9(2)4-6-12(15)11-5-7-14(13(17)8-11)18-10(3)16;/h5,7-9,12,17H,4,6,15H2,1-3H3;1H/t12-;/m1./s1. The van der Waals surface area contributed by atoms with Gasteiger partial charge in [0.25, 0.3) is 0 Å². The summed E-state index contributed by atoms with van der Waals surface area (Å²) in [5.41, 5.74) is 6.90. The third-order valence-corrected chi connectivity index (χ3v) is 2.72. The lowest BCUT2D eigenvalue weighted by Crippen LogP contribution is -2.11. The number of halogens is 1. The van der Waals surface area contributed by atoms with E-state index in [9.17, 15) is 9.90 Å². The van der Waals surface area contributed by atoms with E-state index in [1.54, 1.807) is 18.2 Å². The first-order valence-electron chi connectivity index (χ1n) is 6.17. The van der Waals surface area contributed by atoms with Gasteiger partial charge in [-0.1, -0.05) is 19.9 Å². The number of hydrogen-bond donors (Lipinski definition) is 2. The van der Waals surface area contributed by atoms with Crippen molar-refractivity contribution in [3.63, 3.8) is 0 Å².